The molecule has 0 spiro atoms. The van der Waals surface area contributed by atoms with Crippen LogP contribution in [0.2, 0.25) is 0 Å². The van der Waals surface area contributed by atoms with Crippen molar-refractivity contribution in [3.63, 3.8) is 0 Å². The number of Topliss-reactive ketones (excluding diaryl/α,β-unsaturated/α-hetero) is 1. The number of carbonyl (C=O) groups excluding carboxylic acids is 1. The van der Waals surface area contributed by atoms with E-state index in [1.807, 2.05) is 6.07 Å². The zero-order chi connectivity index (χ0) is 8.97. The summed E-state index contributed by atoms with van der Waals surface area (Å²) in [6, 6.07) is 8.66. The van der Waals surface area contributed by atoms with Gasteiger partial charge in [-0.1, -0.05) is 36.9 Å². The molecule has 0 fully saturated rings. The van der Waals surface area contributed by atoms with Crippen LogP contribution in [-0.4, -0.2) is 5.78 Å². The molecule has 0 radical (unpaired) electrons. The molecule has 0 unspecified atom stereocenters. The van der Waals surface area contributed by atoms with E-state index in [4.69, 9.17) is 6.57 Å². The van der Waals surface area contributed by atoms with E-state index in [1.165, 1.54) is 0 Å². The molecule has 0 aromatic heterocycles. The molecule has 2 heteroatoms. The summed E-state index contributed by atoms with van der Waals surface area (Å²) in [4.78, 5) is 14.2. The third kappa shape index (κ3) is 1.58. The van der Waals surface area contributed by atoms with Gasteiger partial charge >= 0.3 is 0 Å². The van der Waals surface area contributed by atoms with Crippen LogP contribution in [0.3, 0.4) is 0 Å². The highest BCUT2D eigenvalue weighted by molar-refractivity contribution is 6.09. The maximum Gasteiger partial charge on any atom is 0.227 e. The molecule has 58 valence electrons. The Bertz CT molecular complexity index is 346. The smallest absolute Gasteiger partial charge is 0.227 e. The summed E-state index contributed by atoms with van der Waals surface area (Å²) in [5, 5.41) is 0. The molecule has 1 aromatic carbocycles. The number of ketones is 1. The van der Waals surface area contributed by atoms with E-state index in [0.717, 1.165) is 0 Å². The van der Waals surface area contributed by atoms with E-state index >= 15 is 0 Å². The van der Waals surface area contributed by atoms with Gasteiger partial charge < -0.3 is 4.79 Å². The van der Waals surface area contributed by atoms with E-state index in [0.29, 0.717) is 5.56 Å². The molecule has 0 saturated heterocycles. The van der Waals surface area contributed by atoms with Crippen molar-refractivity contribution in [3.8, 4) is 0 Å². The summed E-state index contributed by atoms with van der Waals surface area (Å²) in [6.45, 7) is 9.94. The zero-order valence-electron chi connectivity index (χ0n) is 6.45. The highest BCUT2D eigenvalue weighted by Crippen LogP contribution is 2.06. The van der Waals surface area contributed by atoms with Crippen LogP contribution in [0, 0.1) is 6.57 Å². The van der Waals surface area contributed by atoms with Crippen molar-refractivity contribution in [2.75, 3.05) is 0 Å². The van der Waals surface area contributed by atoms with Crippen LogP contribution in [0.1, 0.15) is 10.4 Å². The maximum absolute atomic E-state index is 11.3. The van der Waals surface area contributed by atoms with Gasteiger partial charge in [0.05, 0.1) is 6.57 Å². The Kier molecular flexibility index (Phi) is 2.39. The van der Waals surface area contributed by atoms with Gasteiger partial charge in [-0.2, -0.15) is 0 Å². The van der Waals surface area contributed by atoms with Crippen molar-refractivity contribution in [3.05, 3.63) is 59.6 Å². The number of allylic oxidation sites excluding steroid dienone is 1. The van der Waals surface area contributed by atoms with Gasteiger partial charge in [-0.25, -0.2) is 4.85 Å². The second-order valence-corrected chi connectivity index (χ2v) is 2.25. The van der Waals surface area contributed by atoms with Gasteiger partial charge in [-0.05, 0) is 0 Å². The second kappa shape index (κ2) is 3.49. The molecule has 0 aliphatic heterocycles. The lowest BCUT2D eigenvalue weighted by atomic mass is 10.1. The first kappa shape index (κ1) is 8.22. The average molecular weight is 157 g/mol. The van der Waals surface area contributed by atoms with Gasteiger partial charge in [-0.15, -0.1) is 0 Å². The van der Waals surface area contributed by atoms with Gasteiger partial charge in [-0.3, -0.25) is 0 Å². The van der Waals surface area contributed by atoms with Crippen molar-refractivity contribution in [2.24, 2.45) is 0 Å². The van der Waals surface area contributed by atoms with Crippen molar-refractivity contribution in [2.45, 2.75) is 0 Å². The fraction of sp³-hybridized carbons (Fsp3) is 0. The van der Waals surface area contributed by atoms with Crippen molar-refractivity contribution in [1.82, 2.24) is 0 Å². The van der Waals surface area contributed by atoms with Crippen molar-refractivity contribution < 1.29 is 4.79 Å². The fourth-order valence-electron chi connectivity index (χ4n) is 0.807. The molecule has 12 heavy (non-hydrogen) atoms. The minimum absolute atomic E-state index is 0.0406. The minimum atomic E-state index is -0.300. The standard InChI is InChI=1S/C10H7NO/c1-8(11-2)10(12)9-6-4-3-5-7-9/h3-7H,1H2. The van der Waals surface area contributed by atoms with Gasteiger partial charge in [0, 0.05) is 5.56 Å². The summed E-state index contributed by atoms with van der Waals surface area (Å²) in [5.41, 5.74) is 0.472. The lowest BCUT2D eigenvalue weighted by Gasteiger charge is -1.95. The monoisotopic (exact) mass is 157 g/mol. The Hall–Kier alpha value is -1.88. The van der Waals surface area contributed by atoms with Crippen LogP contribution in [-0.2, 0) is 0 Å². The van der Waals surface area contributed by atoms with Crippen LogP contribution in [0.4, 0.5) is 0 Å². The highest BCUT2D eigenvalue weighted by Gasteiger charge is 2.07. The molecular weight excluding hydrogens is 150 g/mol. The highest BCUT2D eigenvalue weighted by atomic mass is 16.1. The van der Waals surface area contributed by atoms with Crippen LogP contribution >= 0.6 is 0 Å². The van der Waals surface area contributed by atoms with Crippen LogP contribution in [0.25, 0.3) is 4.85 Å². The van der Waals surface area contributed by atoms with Crippen LogP contribution in [0.15, 0.2) is 42.6 Å². The number of benzene rings is 1. The molecule has 2 nitrogen and oxygen atoms in total. The lowest BCUT2D eigenvalue weighted by molar-refractivity contribution is 0.103. The predicted octanol–water partition coefficient (Wildman–Crippen LogP) is 2.30. The molecular formula is C10H7NO. The van der Waals surface area contributed by atoms with E-state index in [-0.39, 0.29) is 11.5 Å². The molecule has 0 N–H and O–H groups in total. The van der Waals surface area contributed by atoms with E-state index in [9.17, 15) is 4.79 Å². The van der Waals surface area contributed by atoms with Gasteiger partial charge in [0.25, 0.3) is 0 Å². The SMILES string of the molecule is [C-]#[N+]C(=C)C(=O)c1ccccc1. The van der Waals surface area contributed by atoms with Gasteiger partial charge in [0.1, 0.15) is 0 Å². The maximum atomic E-state index is 11.3. The lowest BCUT2D eigenvalue weighted by Crippen LogP contribution is -1.98. The Labute approximate surface area is 71.0 Å². The summed E-state index contributed by atoms with van der Waals surface area (Å²) in [6.07, 6.45) is 0. The summed E-state index contributed by atoms with van der Waals surface area (Å²) in [5.74, 6) is -0.300. The molecule has 1 rings (SSSR count). The number of nitrogens with zero attached hydrogens (tertiary/aromatic N) is 1. The molecule has 0 amide bonds. The number of carbonyl (C=O) groups is 1. The van der Waals surface area contributed by atoms with E-state index in [2.05, 4.69) is 11.4 Å². The van der Waals surface area contributed by atoms with E-state index < -0.39 is 0 Å². The Morgan fingerprint density at radius 2 is 1.92 bits per heavy atom. The first-order chi connectivity index (χ1) is 5.75. The summed E-state index contributed by atoms with van der Waals surface area (Å²) >= 11 is 0. The van der Waals surface area contributed by atoms with Gasteiger partial charge in [0.15, 0.2) is 5.78 Å². The van der Waals surface area contributed by atoms with Crippen LogP contribution in [0.5, 0.6) is 0 Å². The second-order valence-electron chi connectivity index (χ2n) is 2.25. The van der Waals surface area contributed by atoms with Crippen molar-refractivity contribution in [1.29, 1.82) is 0 Å². The normalized spacial score (nSPS) is 8.58. The number of hydrogen-bond acceptors (Lipinski definition) is 1. The third-order valence-electron chi connectivity index (χ3n) is 1.43. The quantitative estimate of drug-likeness (QED) is 0.366. The largest absolute Gasteiger partial charge is 0.302 e. The first-order valence-electron chi connectivity index (χ1n) is 3.42. The Morgan fingerprint density at radius 3 is 2.42 bits per heavy atom. The van der Waals surface area contributed by atoms with E-state index in [1.54, 1.807) is 24.3 Å². The predicted molar refractivity (Wildman–Crippen MR) is 46.5 cm³/mol. The fourth-order valence-corrected chi connectivity index (χ4v) is 0.807. The summed E-state index contributed by atoms with van der Waals surface area (Å²) in [7, 11) is 0. The zero-order valence-corrected chi connectivity index (χ0v) is 6.45. The molecule has 0 atom stereocenters. The Balaban J connectivity index is 2.96. The van der Waals surface area contributed by atoms with Gasteiger partial charge in [0.2, 0.25) is 5.70 Å². The van der Waals surface area contributed by atoms with Crippen LogP contribution < -0.4 is 0 Å². The molecule has 1 aromatic rings. The molecule has 0 heterocycles. The summed E-state index contributed by atoms with van der Waals surface area (Å²) < 4.78 is 0. The molecule has 0 bridgehead atoms. The number of hydrogen-bond donors (Lipinski definition) is 0. The number of rotatable bonds is 2. The first-order valence-corrected chi connectivity index (χ1v) is 3.42. The third-order valence-corrected chi connectivity index (χ3v) is 1.43. The topological polar surface area (TPSA) is 21.4 Å². The molecule has 0 aliphatic rings. The Morgan fingerprint density at radius 1 is 1.33 bits per heavy atom. The molecule has 0 aliphatic carbocycles. The van der Waals surface area contributed by atoms with Crippen molar-refractivity contribution >= 4 is 5.78 Å². The average Bonchev–Trinajstić information content (AvgIpc) is 2.17. The minimum Gasteiger partial charge on any atom is -0.302 e. The molecule has 0 saturated carbocycles.